The summed E-state index contributed by atoms with van der Waals surface area (Å²) in [6.45, 7) is 0. The smallest absolute Gasteiger partial charge is 0.295 e. The lowest BCUT2D eigenvalue weighted by molar-refractivity contribution is -0.384. The Hall–Kier alpha value is -3.74. The summed E-state index contributed by atoms with van der Waals surface area (Å²) in [5.41, 5.74) is 6.22. The second-order valence-electron chi connectivity index (χ2n) is 5.13. The Balaban J connectivity index is 2.00. The van der Waals surface area contributed by atoms with E-state index in [2.05, 4.69) is 4.98 Å². The maximum absolute atomic E-state index is 11.3. The minimum absolute atomic E-state index is 0.121. The molecule has 0 unspecified atom stereocenters. The fraction of sp³-hybridized carbons (Fsp3) is 0. The number of nitrogens with two attached hydrogens (primary N) is 1. The number of rotatable bonds is 5. The van der Waals surface area contributed by atoms with Crippen LogP contribution in [0.1, 0.15) is 10.4 Å². The van der Waals surface area contributed by atoms with Gasteiger partial charge in [-0.25, -0.2) is 4.98 Å². The van der Waals surface area contributed by atoms with E-state index in [-0.39, 0.29) is 17.3 Å². The predicted octanol–water partition coefficient (Wildman–Crippen LogP) is 3.55. The van der Waals surface area contributed by atoms with Crippen molar-refractivity contribution in [1.29, 1.82) is 0 Å². The lowest BCUT2D eigenvalue weighted by atomic mass is 10.1. The molecule has 124 valence electrons. The normalized spacial score (nSPS) is 10.2. The summed E-state index contributed by atoms with van der Waals surface area (Å²) in [6.07, 6.45) is 0. The zero-order valence-electron chi connectivity index (χ0n) is 13.0. The molecule has 0 atom stereocenters. The highest BCUT2D eigenvalue weighted by Crippen LogP contribution is 2.31. The van der Waals surface area contributed by atoms with Crippen LogP contribution in [-0.2, 0) is 0 Å². The van der Waals surface area contributed by atoms with E-state index >= 15 is 0 Å². The van der Waals surface area contributed by atoms with Gasteiger partial charge in [0, 0.05) is 23.3 Å². The number of benzene rings is 2. The van der Waals surface area contributed by atoms with Crippen molar-refractivity contribution in [2.75, 3.05) is 0 Å². The number of amides is 1. The number of ether oxygens (including phenoxy) is 1. The molecule has 0 aliphatic carbocycles. The highest BCUT2D eigenvalue weighted by molar-refractivity contribution is 5.93. The molecular formula is C18H13N3O4. The second kappa shape index (κ2) is 6.79. The summed E-state index contributed by atoms with van der Waals surface area (Å²) in [5, 5.41) is 11.3. The van der Waals surface area contributed by atoms with Crippen LogP contribution in [0.4, 0.5) is 5.69 Å². The number of nitro groups is 1. The Morgan fingerprint density at radius 2 is 1.80 bits per heavy atom. The molecule has 0 radical (unpaired) electrons. The van der Waals surface area contributed by atoms with Crippen LogP contribution in [0, 0.1) is 10.1 Å². The molecule has 2 aromatic carbocycles. The summed E-state index contributed by atoms with van der Waals surface area (Å²) >= 11 is 0. The second-order valence-corrected chi connectivity index (χ2v) is 5.13. The summed E-state index contributed by atoms with van der Waals surface area (Å²) in [4.78, 5) is 26.3. The SMILES string of the molecule is NC(=O)c1cccc(Oc2ccc([N+](=O)[O-])c(-c3ccccc3)n2)c1. The zero-order chi connectivity index (χ0) is 17.8. The molecule has 25 heavy (non-hydrogen) atoms. The van der Waals surface area contributed by atoms with Crippen molar-refractivity contribution in [3.8, 4) is 22.9 Å². The van der Waals surface area contributed by atoms with E-state index in [4.69, 9.17) is 10.5 Å². The van der Waals surface area contributed by atoms with Crippen molar-refractivity contribution in [1.82, 2.24) is 4.98 Å². The van der Waals surface area contributed by atoms with Gasteiger partial charge in [0.05, 0.1) is 4.92 Å². The molecule has 0 spiro atoms. The first kappa shape index (κ1) is 16.1. The predicted molar refractivity (Wildman–Crippen MR) is 91.4 cm³/mol. The van der Waals surface area contributed by atoms with Crippen LogP contribution < -0.4 is 10.5 Å². The van der Waals surface area contributed by atoms with Gasteiger partial charge in [-0.2, -0.15) is 0 Å². The number of pyridine rings is 1. The van der Waals surface area contributed by atoms with Crippen LogP contribution in [0.2, 0.25) is 0 Å². The molecule has 1 amide bonds. The van der Waals surface area contributed by atoms with E-state index in [0.717, 1.165) is 0 Å². The molecule has 0 saturated heterocycles. The fourth-order valence-corrected chi connectivity index (χ4v) is 2.28. The van der Waals surface area contributed by atoms with Crippen LogP contribution in [0.25, 0.3) is 11.3 Å². The minimum atomic E-state index is -0.577. The number of primary amides is 1. The van der Waals surface area contributed by atoms with Gasteiger partial charge in [-0.3, -0.25) is 14.9 Å². The molecule has 0 saturated carbocycles. The quantitative estimate of drug-likeness (QED) is 0.566. The number of carbonyl (C=O) groups excluding carboxylic acids is 1. The van der Waals surface area contributed by atoms with E-state index in [1.807, 2.05) is 6.07 Å². The van der Waals surface area contributed by atoms with E-state index < -0.39 is 10.8 Å². The van der Waals surface area contributed by atoms with Crippen molar-refractivity contribution < 1.29 is 14.5 Å². The lowest BCUT2D eigenvalue weighted by Crippen LogP contribution is -2.10. The van der Waals surface area contributed by atoms with Gasteiger partial charge in [0.2, 0.25) is 11.8 Å². The van der Waals surface area contributed by atoms with Crippen LogP contribution >= 0.6 is 0 Å². The van der Waals surface area contributed by atoms with Gasteiger partial charge in [-0.1, -0.05) is 36.4 Å². The van der Waals surface area contributed by atoms with Crippen molar-refractivity contribution in [2.24, 2.45) is 5.73 Å². The highest BCUT2D eigenvalue weighted by Gasteiger charge is 2.18. The molecule has 0 fully saturated rings. The molecule has 1 heterocycles. The minimum Gasteiger partial charge on any atom is -0.439 e. The lowest BCUT2D eigenvalue weighted by Gasteiger charge is -2.08. The number of carbonyl (C=O) groups is 1. The first-order valence-electron chi connectivity index (χ1n) is 7.33. The molecule has 3 aromatic rings. The van der Waals surface area contributed by atoms with Gasteiger partial charge in [-0.15, -0.1) is 0 Å². The third-order valence-corrected chi connectivity index (χ3v) is 3.43. The van der Waals surface area contributed by atoms with Crippen LogP contribution in [-0.4, -0.2) is 15.8 Å². The van der Waals surface area contributed by atoms with E-state index in [1.54, 1.807) is 42.5 Å². The Kier molecular flexibility index (Phi) is 4.38. The monoisotopic (exact) mass is 335 g/mol. The van der Waals surface area contributed by atoms with E-state index in [1.165, 1.54) is 18.2 Å². The van der Waals surface area contributed by atoms with E-state index in [0.29, 0.717) is 16.9 Å². The standard InChI is InChI=1S/C18H13N3O4/c19-18(22)13-7-4-8-14(11-13)25-16-10-9-15(21(23)24)17(20-16)12-5-2-1-3-6-12/h1-11H,(H2,19,22). The number of hydrogen-bond donors (Lipinski definition) is 1. The Morgan fingerprint density at radius 3 is 2.48 bits per heavy atom. The number of hydrogen-bond acceptors (Lipinski definition) is 5. The molecule has 1 aromatic heterocycles. The number of aromatic nitrogens is 1. The fourth-order valence-electron chi connectivity index (χ4n) is 2.28. The topological polar surface area (TPSA) is 108 Å². The Labute approximate surface area is 142 Å². The largest absolute Gasteiger partial charge is 0.439 e. The summed E-state index contributed by atoms with van der Waals surface area (Å²) < 4.78 is 5.62. The molecule has 3 rings (SSSR count). The van der Waals surface area contributed by atoms with Crippen molar-refractivity contribution in [2.45, 2.75) is 0 Å². The third kappa shape index (κ3) is 3.61. The highest BCUT2D eigenvalue weighted by atomic mass is 16.6. The van der Waals surface area contributed by atoms with Crippen molar-refractivity contribution in [3.05, 3.63) is 82.4 Å². The Morgan fingerprint density at radius 1 is 1.04 bits per heavy atom. The zero-order valence-corrected chi connectivity index (χ0v) is 13.0. The van der Waals surface area contributed by atoms with Crippen molar-refractivity contribution >= 4 is 11.6 Å². The molecule has 0 aliphatic rings. The van der Waals surface area contributed by atoms with Crippen LogP contribution in [0.5, 0.6) is 11.6 Å². The average Bonchev–Trinajstić information content (AvgIpc) is 2.62. The molecular weight excluding hydrogens is 322 g/mol. The van der Waals surface area contributed by atoms with Gasteiger partial charge in [0.15, 0.2) is 5.69 Å². The summed E-state index contributed by atoms with van der Waals surface area (Å²) in [5.74, 6) is -0.0465. The van der Waals surface area contributed by atoms with Crippen molar-refractivity contribution in [3.63, 3.8) is 0 Å². The first-order chi connectivity index (χ1) is 12.0. The summed E-state index contributed by atoms with van der Waals surface area (Å²) in [7, 11) is 0. The molecule has 7 heteroatoms. The first-order valence-corrected chi connectivity index (χ1v) is 7.33. The maximum Gasteiger partial charge on any atom is 0.295 e. The summed E-state index contributed by atoms with van der Waals surface area (Å²) in [6, 6.07) is 17.8. The molecule has 2 N–H and O–H groups in total. The van der Waals surface area contributed by atoms with E-state index in [9.17, 15) is 14.9 Å². The van der Waals surface area contributed by atoms with Gasteiger partial charge in [-0.05, 0) is 18.2 Å². The van der Waals surface area contributed by atoms with Gasteiger partial charge in [0.1, 0.15) is 5.75 Å². The number of nitrogens with zero attached hydrogens (tertiary/aromatic N) is 2. The van der Waals surface area contributed by atoms with Gasteiger partial charge in [0.25, 0.3) is 5.69 Å². The van der Waals surface area contributed by atoms with Gasteiger partial charge >= 0.3 is 0 Å². The van der Waals surface area contributed by atoms with Crippen LogP contribution in [0.15, 0.2) is 66.7 Å². The molecule has 0 bridgehead atoms. The maximum atomic E-state index is 11.3. The molecule has 0 aliphatic heterocycles. The van der Waals surface area contributed by atoms with Gasteiger partial charge < -0.3 is 10.5 Å². The molecule has 7 nitrogen and oxygen atoms in total. The third-order valence-electron chi connectivity index (χ3n) is 3.43. The Bertz CT molecular complexity index is 942. The van der Waals surface area contributed by atoms with Crippen LogP contribution in [0.3, 0.4) is 0 Å². The average molecular weight is 335 g/mol.